The molecule has 3 aromatic heterocycles. The van der Waals surface area contributed by atoms with Crippen LogP contribution in [0.2, 0.25) is 0 Å². The third-order valence-corrected chi connectivity index (χ3v) is 4.10. The van der Waals surface area contributed by atoms with Crippen molar-refractivity contribution < 1.29 is 13.3 Å². The number of rotatable bonds is 4. The molecule has 0 aliphatic heterocycles. The molecule has 130 valence electrons. The number of pyridine rings is 1. The Kier molecular flexibility index (Phi) is 3.84. The van der Waals surface area contributed by atoms with E-state index in [1.807, 2.05) is 0 Å². The first kappa shape index (κ1) is 16.1. The van der Waals surface area contributed by atoms with Crippen LogP contribution in [0.4, 0.5) is 14.5 Å². The molecule has 0 radical (unpaired) electrons. The number of fused-ring (bicyclic) bond motifs is 3. The van der Waals surface area contributed by atoms with Crippen LogP contribution in [0.15, 0.2) is 35.0 Å². The molecular weight excluding hydrogens is 340 g/mol. The number of halogens is 2. The number of alkyl halides is 2. The van der Waals surface area contributed by atoms with E-state index in [1.54, 1.807) is 37.4 Å². The molecule has 0 fully saturated rings. The second kappa shape index (κ2) is 6.19. The number of hydrogen-bond donors (Lipinski definition) is 0. The molecule has 0 aliphatic rings. The predicted molar refractivity (Wildman–Crippen MR) is 91.3 cm³/mol. The summed E-state index contributed by atoms with van der Waals surface area (Å²) in [6.45, 7) is 8.46. The van der Waals surface area contributed by atoms with Crippen LogP contribution in [0.5, 0.6) is 0 Å². The summed E-state index contributed by atoms with van der Waals surface area (Å²) in [6.07, 6.45) is -0.713. The lowest BCUT2D eigenvalue weighted by molar-refractivity contribution is 0.127. The van der Waals surface area contributed by atoms with Crippen molar-refractivity contribution in [2.45, 2.75) is 26.3 Å². The van der Waals surface area contributed by atoms with Crippen LogP contribution in [0.1, 0.15) is 17.3 Å². The molecule has 0 bridgehead atoms. The lowest BCUT2D eigenvalue weighted by atomic mass is 10.1. The van der Waals surface area contributed by atoms with Gasteiger partial charge in [-0.1, -0.05) is 11.2 Å². The van der Waals surface area contributed by atoms with E-state index in [0.717, 1.165) is 0 Å². The van der Waals surface area contributed by atoms with Crippen LogP contribution in [-0.4, -0.2) is 26.1 Å². The first-order chi connectivity index (χ1) is 12.5. The van der Waals surface area contributed by atoms with Gasteiger partial charge in [-0.3, -0.25) is 4.98 Å². The van der Waals surface area contributed by atoms with Crippen molar-refractivity contribution in [2.24, 2.45) is 0 Å². The third-order valence-electron chi connectivity index (χ3n) is 4.10. The molecular formula is C18H13F2N5O. The molecule has 0 saturated carbocycles. The molecule has 1 aromatic carbocycles. The molecule has 0 unspecified atom stereocenters. The molecule has 0 N–H and O–H groups in total. The van der Waals surface area contributed by atoms with E-state index in [0.29, 0.717) is 44.9 Å². The number of aryl methyl sites for hydroxylation is 1. The van der Waals surface area contributed by atoms with E-state index in [2.05, 4.69) is 20.0 Å². The Morgan fingerprint density at radius 1 is 1.27 bits per heavy atom. The van der Waals surface area contributed by atoms with Gasteiger partial charge in [-0.25, -0.2) is 18.6 Å². The molecule has 26 heavy (non-hydrogen) atoms. The SMILES string of the molecule is [C-]#[N+]c1ccc2ncc3nc(Cc4cc(C)on4)n(CC(F)F)c3c2c1. The summed E-state index contributed by atoms with van der Waals surface area (Å²) in [5, 5.41) is 4.55. The van der Waals surface area contributed by atoms with Crippen molar-refractivity contribution in [3.05, 3.63) is 59.2 Å². The molecule has 0 amide bonds. The second-order valence-corrected chi connectivity index (χ2v) is 5.94. The van der Waals surface area contributed by atoms with Crippen LogP contribution in [0.3, 0.4) is 0 Å². The van der Waals surface area contributed by atoms with Crippen molar-refractivity contribution in [3.63, 3.8) is 0 Å². The second-order valence-electron chi connectivity index (χ2n) is 5.94. The average Bonchev–Trinajstić information content (AvgIpc) is 3.18. The van der Waals surface area contributed by atoms with E-state index in [4.69, 9.17) is 11.1 Å². The maximum atomic E-state index is 13.2. The zero-order chi connectivity index (χ0) is 18.3. The van der Waals surface area contributed by atoms with Crippen LogP contribution in [0, 0.1) is 13.5 Å². The summed E-state index contributed by atoms with van der Waals surface area (Å²) < 4.78 is 33.0. The fraction of sp³-hybridized carbons (Fsp3) is 0.222. The Balaban J connectivity index is 1.96. The van der Waals surface area contributed by atoms with E-state index in [1.165, 1.54) is 4.57 Å². The molecule has 6 nitrogen and oxygen atoms in total. The van der Waals surface area contributed by atoms with Gasteiger partial charge in [0.15, 0.2) is 5.69 Å². The zero-order valence-electron chi connectivity index (χ0n) is 13.8. The highest BCUT2D eigenvalue weighted by molar-refractivity contribution is 6.03. The summed E-state index contributed by atoms with van der Waals surface area (Å²) in [4.78, 5) is 12.2. The Morgan fingerprint density at radius 2 is 2.12 bits per heavy atom. The van der Waals surface area contributed by atoms with Crippen LogP contribution in [-0.2, 0) is 13.0 Å². The number of hydrogen-bond acceptors (Lipinski definition) is 4. The molecule has 0 spiro atoms. The van der Waals surface area contributed by atoms with Crippen LogP contribution >= 0.6 is 0 Å². The highest BCUT2D eigenvalue weighted by atomic mass is 19.3. The van der Waals surface area contributed by atoms with Gasteiger partial charge >= 0.3 is 0 Å². The average molecular weight is 353 g/mol. The predicted octanol–water partition coefficient (Wildman–Crippen LogP) is 4.29. The minimum atomic E-state index is -2.54. The molecule has 4 rings (SSSR count). The summed E-state index contributed by atoms with van der Waals surface area (Å²) in [7, 11) is 0. The molecule has 0 saturated heterocycles. The topological polar surface area (TPSA) is 61.1 Å². The third kappa shape index (κ3) is 2.77. The van der Waals surface area contributed by atoms with Crippen LogP contribution in [0.25, 0.3) is 26.8 Å². The summed E-state index contributed by atoms with van der Waals surface area (Å²) in [6, 6.07) is 6.77. The van der Waals surface area contributed by atoms with Gasteiger partial charge in [-0.15, -0.1) is 0 Å². The standard InChI is InChI=1S/C18H13F2N5O/c1-10-5-12(24-26-10)7-17-23-15-8-22-14-4-3-11(21-2)6-13(14)18(15)25(17)9-16(19)20/h3-6,8,16H,7,9H2,1H3. The van der Waals surface area contributed by atoms with Gasteiger partial charge in [-0.2, -0.15) is 0 Å². The summed E-state index contributed by atoms with van der Waals surface area (Å²) in [5.74, 6) is 1.10. The maximum absolute atomic E-state index is 13.2. The summed E-state index contributed by atoms with van der Waals surface area (Å²) in [5.41, 5.74) is 2.73. The number of imidazole rings is 1. The number of benzene rings is 1. The van der Waals surface area contributed by atoms with Gasteiger partial charge in [0, 0.05) is 11.5 Å². The van der Waals surface area contributed by atoms with Gasteiger partial charge in [0.25, 0.3) is 6.43 Å². The largest absolute Gasteiger partial charge is 0.361 e. The van der Waals surface area contributed by atoms with Crippen molar-refractivity contribution >= 4 is 27.6 Å². The molecule has 3 heterocycles. The smallest absolute Gasteiger partial charge is 0.256 e. The molecule has 0 atom stereocenters. The fourth-order valence-corrected chi connectivity index (χ4v) is 3.05. The maximum Gasteiger partial charge on any atom is 0.256 e. The van der Waals surface area contributed by atoms with Gasteiger partial charge in [0.05, 0.1) is 42.5 Å². The number of aromatic nitrogens is 4. The Hall–Kier alpha value is -3.34. The van der Waals surface area contributed by atoms with E-state index in [-0.39, 0.29) is 6.42 Å². The van der Waals surface area contributed by atoms with Gasteiger partial charge in [-0.05, 0) is 19.1 Å². The minimum Gasteiger partial charge on any atom is -0.361 e. The molecule has 0 aliphatic carbocycles. The first-order valence-electron chi connectivity index (χ1n) is 7.91. The van der Waals surface area contributed by atoms with Gasteiger partial charge in [0.1, 0.15) is 17.1 Å². The lowest BCUT2D eigenvalue weighted by Crippen LogP contribution is -2.11. The summed E-state index contributed by atoms with van der Waals surface area (Å²) >= 11 is 0. The fourth-order valence-electron chi connectivity index (χ4n) is 3.05. The van der Waals surface area contributed by atoms with Crippen molar-refractivity contribution in [1.29, 1.82) is 0 Å². The van der Waals surface area contributed by atoms with E-state index < -0.39 is 13.0 Å². The van der Waals surface area contributed by atoms with E-state index in [9.17, 15) is 8.78 Å². The Labute approximate surface area is 146 Å². The Bertz CT molecular complexity index is 1160. The first-order valence-corrected chi connectivity index (χ1v) is 7.91. The van der Waals surface area contributed by atoms with Crippen LogP contribution < -0.4 is 0 Å². The molecule has 4 aromatic rings. The van der Waals surface area contributed by atoms with Crippen molar-refractivity contribution in [3.8, 4) is 0 Å². The Morgan fingerprint density at radius 3 is 2.81 bits per heavy atom. The lowest BCUT2D eigenvalue weighted by Gasteiger charge is -2.09. The monoisotopic (exact) mass is 353 g/mol. The molecule has 8 heteroatoms. The minimum absolute atomic E-state index is 0.267. The van der Waals surface area contributed by atoms with E-state index >= 15 is 0 Å². The van der Waals surface area contributed by atoms with Gasteiger partial charge in [0.2, 0.25) is 0 Å². The number of nitrogens with zero attached hydrogens (tertiary/aromatic N) is 5. The zero-order valence-corrected chi connectivity index (χ0v) is 13.8. The highest BCUT2D eigenvalue weighted by Gasteiger charge is 2.19. The highest BCUT2D eigenvalue weighted by Crippen LogP contribution is 2.29. The quantitative estimate of drug-likeness (QED) is 0.514. The normalized spacial score (nSPS) is 11.5. The van der Waals surface area contributed by atoms with Crippen molar-refractivity contribution in [2.75, 3.05) is 0 Å². The van der Waals surface area contributed by atoms with Crippen molar-refractivity contribution in [1.82, 2.24) is 19.7 Å². The van der Waals surface area contributed by atoms with Gasteiger partial charge < -0.3 is 9.09 Å².